The molecule has 1 amide bonds. The maximum Gasteiger partial charge on any atom is 0.339 e. The van der Waals surface area contributed by atoms with Crippen LogP contribution in [0, 0.1) is 21.8 Å². The van der Waals surface area contributed by atoms with Gasteiger partial charge in [-0.3, -0.25) is 4.79 Å². The molecule has 0 saturated heterocycles. The Bertz CT molecular complexity index is 1340. The summed E-state index contributed by atoms with van der Waals surface area (Å²) < 4.78 is 17.4. The number of hydrogen-bond acceptors (Lipinski definition) is 6. The average Bonchev–Trinajstić information content (AvgIpc) is 2.87. The molecular weight excluding hydrogens is 571 g/mol. The Balaban J connectivity index is 1.88. The standard InChI is InChI=1S/C28H25IN2O5/c1-4-35-25-15-19(14-23(29)26(25)36-17-20-10-6-5-9-18(20)2)13-21(16-30)27(32)31-24-12-8-7-11-22(24)28(33)34-3/h5-15H,4,17H2,1-3H3,(H,31,32). The molecule has 7 nitrogen and oxygen atoms in total. The van der Waals surface area contributed by atoms with Crippen LogP contribution in [0.1, 0.15) is 34.0 Å². The number of para-hydroxylation sites is 1. The van der Waals surface area contributed by atoms with E-state index in [-0.39, 0.29) is 16.8 Å². The Morgan fingerprint density at radius 1 is 1.08 bits per heavy atom. The van der Waals surface area contributed by atoms with Gasteiger partial charge in [0.2, 0.25) is 0 Å². The smallest absolute Gasteiger partial charge is 0.339 e. The van der Waals surface area contributed by atoms with E-state index in [0.29, 0.717) is 30.3 Å². The summed E-state index contributed by atoms with van der Waals surface area (Å²) in [5.74, 6) is -0.141. The number of methoxy groups -OCH3 is 1. The van der Waals surface area contributed by atoms with Gasteiger partial charge in [-0.05, 0) is 83.5 Å². The highest BCUT2D eigenvalue weighted by Crippen LogP contribution is 2.35. The molecule has 36 heavy (non-hydrogen) atoms. The average molecular weight is 596 g/mol. The molecule has 0 aliphatic rings. The van der Waals surface area contributed by atoms with E-state index in [0.717, 1.165) is 14.7 Å². The molecule has 0 radical (unpaired) electrons. The molecule has 184 valence electrons. The lowest BCUT2D eigenvalue weighted by molar-refractivity contribution is -0.112. The van der Waals surface area contributed by atoms with E-state index in [9.17, 15) is 14.9 Å². The molecule has 0 unspecified atom stereocenters. The summed E-state index contributed by atoms with van der Waals surface area (Å²) in [6, 6.07) is 19.9. The normalized spacial score (nSPS) is 10.8. The summed E-state index contributed by atoms with van der Waals surface area (Å²) in [6.07, 6.45) is 1.46. The second kappa shape index (κ2) is 12.7. The van der Waals surface area contributed by atoms with E-state index in [1.54, 1.807) is 24.3 Å². The van der Waals surface area contributed by atoms with E-state index >= 15 is 0 Å². The van der Waals surface area contributed by atoms with Crippen LogP contribution in [0.15, 0.2) is 66.2 Å². The van der Waals surface area contributed by atoms with Gasteiger partial charge in [0.15, 0.2) is 11.5 Å². The van der Waals surface area contributed by atoms with Crippen molar-refractivity contribution in [3.63, 3.8) is 0 Å². The van der Waals surface area contributed by atoms with E-state index in [2.05, 4.69) is 27.9 Å². The molecule has 0 saturated carbocycles. The molecule has 0 atom stereocenters. The predicted octanol–water partition coefficient (Wildman–Crippen LogP) is 5.91. The SMILES string of the molecule is CCOc1cc(C=C(C#N)C(=O)Nc2ccccc2C(=O)OC)cc(I)c1OCc1ccccc1C. The van der Waals surface area contributed by atoms with Crippen LogP contribution in [0.4, 0.5) is 5.69 Å². The molecule has 3 rings (SSSR count). The number of amides is 1. The number of carbonyl (C=O) groups is 2. The monoisotopic (exact) mass is 596 g/mol. The molecule has 0 aromatic heterocycles. The van der Waals surface area contributed by atoms with Gasteiger partial charge in [0.1, 0.15) is 18.2 Å². The number of halogens is 1. The third kappa shape index (κ3) is 6.64. The molecule has 3 aromatic carbocycles. The number of esters is 1. The Morgan fingerprint density at radius 3 is 2.50 bits per heavy atom. The van der Waals surface area contributed by atoms with Crippen molar-refractivity contribution in [2.45, 2.75) is 20.5 Å². The lowest BCUT2D eigenvalue weighted by Crippen LogP contribution is -2.16. The molecule has 0 spiro atoms. The third-order valence-electron chi connectivity index (χ3n) is 5.22. The lowest BCUT2D eigenvalue weighted by atomic mass is 10.1. The number of anilines is 1. The van der Waals surface area contributed by atoms with Crippen molar-refractivity contribution >= 4 is 46.2 Å². The van der Waals surface area contributed by atoms with Gasteiger partial charge in [0.25, 0.3) is 5.91 Å². The lowest BCUT2D eigenvalue weighted by Gasteiger charge is -2.16. The summed E-state index contributed by atoms with van der Waals surface area (Å²) in [5, 5.41) is 12.3. The van der Waals surface area contributed by atoms with Crippen LogP contribution in [0.5, 0.6) is 11.5 Å². The summed E-state index contributed by atoms with van der Waals surface area (Å²) >= 11 is 2.14. The molecule has 0 bridgehead atoms. The molecule has 0 heterocycles. The second-order valence-electron chi connectivity index (χ2n) is 7.64. The topological polar surface area (TPSA) is 97.7 Å². The number of nitrogens with zero attached hydrogens (tertiary/aromatic N) is 1. The fourth-order valence-corrected chi connectivity index (χ4v) is 4.16. The van der Waals surface area contributed by atoms with Crippen molar-refractivity contribution in [1.82, 2.24) is 0 Å². The summed E-state index contributed by atoms with van der Waals surface area (Å²) in [6.45, 7) is 4.69. The zero-order valence-electron chi connectivity index (χ0n) is 20.1. The van der Waals surface area contributed by atoms with Crippen molar-refractivity contribution in [3.8, 4) is 17.6 Å². The van der Waals surface area contributed by atoms with Gasteiger partial charge in [-0.2, -0.15) is 5.26 Å². The molecule has 0 fully saturated rings. The van der Waals surface area contributed by atoms with E-state index in [4.69, 9.17) is 14.2 Å². The van der Waals surface area contributed by atoms with Crippen molar-refractivity contribution in [3.05, 3.63) is 92.1 Å². The number of ether oxygens (including phenoxy) is 3. The number of benzene rings is 3. The molecular formula is C28H25IN2O5. The first kappa shape index (κ1) is 26.8. The molecule has 0 aliphatic carbocycles. The first-order valence-electron chi connectivity index (χ1n) is 11.1. The number of nitriles is 1. The zero-order valence-corrected chi connectivity index (χ0v) is 22.3. The van der Waals surface area contributed by atoms with Crippen LogP contribution in [0.2, 0.25) is 0 Å². The summed E-state index contributed by atoms with van der Waals surface area (Å²) in [4.78, 5) is 24.9. The van der Waals surface area contributed by atoms with E-state index in [1.165, 1.54) is 19.3 Å². The van der Waals surface area contributed by atoms with E-state index in [1.807, 2.05) is 50.2 Å². The highest BCUT2D eigenvalue weighted by Gasteiger charge is 2.17. The van der Waals surface area contributed by atoms with Gasteiger partial charge < -0.3 is 19.5 Å². The quantitative estimate of drug-likeness (QED) is 0.143. The van der Waals surface area contributed by atoms with Gasteiger partial charge in [-0.15, -0.1) is 0 Å². The molecule has 3 aromatic rings. The second-order valence-corrected chi connectivity index (χ2v) is 8.80. The maximum atomic E-state index is 12.9. The number of aryl methyl sites for hydroxylation is 1. The van der Waals surface area contributed by atoms with Crippen LogP contribution < -0.4 is 14.8 Å². The van der Waals surface area contributed by atoms with Crippen molar-refractivity contribution in [2.24, 2.45) is 0 Å². The van der Waals surface area contributed by atoms with Crippen LogP contribution >= 0.6 is 22.6 Å². The van der Waals surface area contributed by atoms with Gasteiger partial charge in [0.05, 0.1) is 28.5 Å². The fourth-order valence-electron chi connectivity index (χ4n) is 3.38. The van der Waals surface area contributed by atoms with Gasteiger partial charge in [-0.25, -0.2) is 4.79 Å². The third-order valence-corrected chi connectivity index (χ3v) is 6.02. The van der Waals surface area contributed by atoms with E-state index < -0.39 is 11.9 Å². The predicted molar refractivity (Wildman–Crippen MR) is 146 cm³/mol. The van der Waals surface area contributed by atoms with Crippen LogP contribution in [0.25, 0.3) is 6.08 Å². The van der Waals surface area contributed by atoms with Crippen LogP contribution in [-0.2, 0) is 16.1 Å². The molecule has 0 aliphatic heterocycles. The fraction of sp³-hybridized carbons (Fsp3) is 0.179. The van der Waals surface area contributed by atoms with Crippen LogP contribution in [0.3, 0.4) is 0 Å². The van der Waals surface area contributed by atoms with Crippen molar-refractivity contribution in [1.29, 1.82) is 5.26 Å². The number of hydrogen-bond donors (Lipinski definition) is 1. The minimum Gasteiger partial charge on any atom is -0.490 e. The Hall–Kier alpha value is -3.84. The first-order chi connectivity index (χ1) is 17.4. The molecule has 8 heteroatoms. The number of rotatable bonds is 9. The molecule has 1 N–H and O–H groups in total. The Labute approximate surface area is 223 Å². The number of nitrogens with one attached hydrogen (secondary N) is 1. The Kier molecular flexibility index (Phi) is 9.47. The zero-order chi connectivity index (χ0) is 26.1. The largest absolute Gasteiger partial charge is 0.490 e. The van der Waals surface area contributed by atoms with Crippen molar-refractivity contribution < 1.29 is 23.8 Å². The van der Waals surface area contributed by atoms with Gasteiger partial charge in [0, 0.05) is 0 Å². The first-order valence-corrected chi connectivity index (χ1v) is 12.2. The van der Waals surface area contributed by atoms with Gasteiger partial charge in [-0.1, -0.05) is 36.4 Å². The minimum absolute atomic E-state index is 0.138. The summed E-state index contributed by atoms with van der Waals surface area (Å²) in [7, 11) is 1.26. The Morgan fingerprint density at radius 2 is 1.81 bits per heavy atom. The highest BCUT2D eigenvalue weighted by atomic mass is 127. The van der Waals surface area contributed by atoms with Gasteiger partial charge >= 0.3 is 5.97 Å². The van der Waals surface area contributed by atoms with Crippen LogP contribution in [-0.4, -0.2) is 25.6 Å². The summed E-state index contributed by atoms with van der Waals surface area (Å²) in [5.41, 5.74) is 3.09. The van der Waals surface area contributed by atoms with Crippen molar-refractivity contribution in [2.75, 3.05) is 19.0 Å². The number of carbonyl (C=O) groups excluding carboxylic acids is 2. The minimum atomic E-state index is -0.651. The highest BCUT2D eigenvalue weighted by molar-refractivity contribution is 14.1. The maximum absolute atomic E-state index is 12.9.